The Bertz CT molecular complexity index is 1180. The van der Waals surface area contributed by atoms with Crippen LogP contribution in [0.5, 0.6) is 0 Å². The Labute approximate surface area is 186 Å². The Balaban J connectivity index is 1.22. The van der Waals surface area contributed by atoms with Gasteiger partial charge in [-0.25, -0.2) is 4.98 Å². The Morgan fingerprint density at radius 3 is 2.50 bits per heavy atom. The van der Waals surface area contributed by atoms with Gasteiger partial charge < -0.3 is 20.1 Å². The summed E-state index contributed by atoms with van der Waals surface area (Å²) in [6.45, 7) is 6.27. The fraction of sp³-hybridized carbons (Fsp3) is 0.391. The van der Waals surface area contributed by atoms with Crippen molar-refractivity contribution < 1.29 is 4.79 Å². The number of amides is 1. The largest absolute Gasteiger partial charge is 0.368 e. The summed E-state index contributed by atoms with van der Waals surface area (Å²) in [4.78, 5) is 42.7. The van der Waals surface area contributed by atoms with E-state index in [1.807, 2.05) is 24.4 Å². The number of aromatic nitrogens is 3. The first-order valence-corrected chi connectivity index (χ1v) is 11.0. The van der Waals surface area contributed by atoms with Crippen LogP contribution in [0, 0.1) is 0 Å². The van der Waals surface area contributed by atoms with E-state index in [4.69, 9.17) is 0 Å². The number of hydrogen-bond donors (Lipinski definition) is 2. The van der Waals surface area contributed by atoms with Gasteiger partial charge in [0.25, 0.3) is 11.5 Å². The molecule has 5 rings (SSSR count). The zero-order valence-electron chi connectivity index (χ0n) is 18.2. The van der Waals surface area contributed by atoms with Crippen LogP contribution in [0.15, 0.2) is 41.5 Å². The zero-order chi connectivity index (χ0) is 22.1. The number of carbonyl (C=O) groups excluding carboxylic acids is 1. The molecule has 166 valence electrons. The molecule has 2 aliphatic heterocycles. The summed E-state index contributed by atoms with van der Waals surface area (Å²) in [6.07, 6.45) is 4.81. The van der Waals surface area contributed by atoms with Crippen molar-refractivity contribution in [3.05, 3.63) is 58.3 Å². The minimum Gasteiger partial charge on any atom is -0.368 e. The van der Waals surface area contributed by atoms with Gasteiger partial charge in [-0.05, 0) is 36.2 Å². The molecule has 5 heterocycles. The molecular formula is C23H27N7O2. The number of carbonyl (C=O) groups is 1. The molecule has 0 radical (unpaired) electrons. The number of piperazine rings is 1. The molecule has 2 aliphatic rings. The summed E-state index contributed by atoms with van der Waals surface area (Å²) in [5, 5.41) is 2.59. The molecule has 0 saturated carbocycles. The molecule has 2 fully saturated rings. The van der Waals surface area contributed by atoms with E-state index in [0.717, 1.165) is 80.2 Å². The lowest BCUT2D eigenvalue weighted by Gasteiger charge is -2.36. The van der Waals surface area contributed by atoms with E-state index in [9.17, 15) is 9.59 Å². The van der Waals surface area contributed by atoms with E-state index >= 15 is 0 Å². The first kappa shape index (κ1) is 20.4. The summed E-state index contributed by atoms with van der Waals surface area (Å²) in [5.74, 6) is -0.177. The summed E-state index contributed by atoms with van der Waals surface area (Å²) in [6, 6.07) is 7.65. The van der Waals surface area contributed by atoms with Crippen LogP contribution in [0.3, 0.4) is 0 Å². The minimum absolute atomic E-state index is 0.0409. The molecule has 2 saturated heterocycles. The van der Waals surface area contributed by atoms with E-state index < -0.39 is 0 Å². The van der Waals surface area contributed by atoms with Gasteiger partial charge in [0.1, 0.15) is 11.4 Å². The van der Waals surface area contributed by atoms with Crippen molar-refractivity contribution in [2.24, 2.45) is 0 Å². The van der Waals surface area contributed by atoms with Crippen molar-refractivity contribution in [2.45, 2.75) is 13.0 Å². The summed E-state index contributed by atoms with van der Waals surface area (Å²) >= 11 is 0. The van der Waals surface area contributed by atoms with Gasteiger partial charge >= 0.3 is 0 Å². The second-order valence-electron chi connectivity index (χ2n) is 8.34. The van der Waals surface area contributed by atoms with E-state index in [1.165, 1.54) is 0 Å². The topological polar surface area (TPSA) is 97.5 Å². The summed E-state index contributed by atoms with van der Waals surface area (Å²) in [5.41, 5.74) is 4.84. The van der Waals surface area contributed by atoms with Gasteiger partial charge in [0.05, 0.1) is 22.9 Å². The van der Waals surface area contributed by atoms with Gasteiger partial charge in [-0.1, -0.05) is 0 Å². The second-order valence-corrected chi connectivity index (χ2v) is 8.34. The van der Waals surface area contributed by atoms with E-state index in [1.54, 1.807) is 19.3 Å². The first-order valence-electron chi connectivity index (χ1n) is 11.0. The van der Waals surface area contributed by atoms with E-state index in [0.29, 0.717) is 5.69 Å². The highest BCUT2D eigenvalue weighted by Gasteiger charge is 2.20. The summed E-state index contributed by atoms with van der Waals surface area (Å²) < 4.78 is 0. The number of pyridine rings is 3. The zero-order valence-corrected chi connectivity index (χ0v) is 18.2. The lowest BCUT2D eigenvalue weighted by molar-refractivity contribution is 0.0958. The van der Waals surface area contributed by atoms with Crippen LogP contribution >= 0.6 is 0 Å². The van der Waals surface area contributed by atoms with Crippen LogP contribution in [0.25, 0.3) is 11.0 Å². The highest BCUT2D eigenvalue weighted by Crippen LogP contribution is 2.21. The molecule has 3 aromatic rings. The monoisotopic (exact) mass is 433 g/mol. The molecule has 0 bridgehead atoms. The third-order valence-electron chi connectivity index (χ3n) is 6.28. The van der Waals surface area contributed by atoms with Crippen molar-refractivity contribution in [1.82, 2.24) is 25.2 Å². The van der Waals surface area contributed by atoms with Crippen molar-refractivity contribution in [2.75, 3.05) is 56.1 Å². The number of hydrogen-bond acceptors (Lipinski definition) is 7. The van der Waals surface area contributed by atoms with Crippen LogP contribution in [0.2, 0.25) is 0 Å². The average Bonchev–Trinajstić information content (AvgIpc) is 2.78. The van der Waals surface area contributed by atoms with E-state index in [-0.39, 0.29) is 11.5 Å². The standard InChI is InChI=1S/C23H27N7O2/c1-24-22(31)18-4-3-17(14-26-18)29-9-7-28(8-10-29)15-16-11-20-19(25-13-16)12-21(23(32)27-20)30-5-2-6-30/h3-4,11-14H,2,5-10,15H2,1H3,(H,24,31)(H,27,32). The fourth-order valence-electron chi connectivity index (χ4n) is 4.25. The van der Waals surface area contributed by atoms with Crippen molar-refractivity contribution in [1.29, 1.82) is 0 Å². The quantitative estimate of drug-likeness (QED) is 0.624. The number of nitrogens with one attached hydrogen (secondary N) is 2. The van der Waals surface area contributed by atoms with Gasteiger partial charge in [-0.15, -0.1) is 0 Å². The van der Waals surface area contributed by atoms with Crippen molar-refractivity contribution in [3.63, 3.8) is 0 Å². The third kappa shape index (κ3) is 4.03. The molecule has 0 unspecified atom stereocenters. The van der Waals surface area contributed by atoms with Gasteiger partial charge in [-0.3, -0.25) is 19.5 Å². The molecule has 3 aromatic heterocycles. The van der Waals surface area contributed by atoms with Crippen molar-refractivity contribution in [3.8, 4) is 0 Å². The lowest BCUT2D eigenvalue weighted by atomic mass is 10.1. The fourth-order valence-corrected chi connectivity index (χ4v) is 4.25. The Morgan fingerprint density at radius 2 is 1.84 bits per heavy atom. The molecule has 32 heavy (non-hydrogen) atoms. The average molecular weight is 434 g/mol. The van der Waals surface area contributed by atoms with Gasteiger partial charge in [0, 0.05) is 59.1 Å². The smallest absolute Gasteiger partial charge is 0.272 e. The Kier molecular flexibility index (Phi) is 5.48. The normalized spacial score (nSPS) is 16.8. The Morgan fingerprint density at radius 1 is 1.03 bits per heavy atom. The highest BCUT2D eigenvalue weighted by atomic mass is 16.1. The number of anilines is 2. The molecule has 0 aliphatic carbocycles. The molecule has 0 atom stereocenters. The predicted molar refractivity (Wildman–Crippen MR) is 124 cm³/mol. The van der Waals surface area contributed by atoms with E-state index in [2.05, 4.69) is 35.0 Å². The second kappa shape index (κ2) is 8.58. The van der Waals surface area contributed by atoms with Crippen LogP contribution < -0.4 is 20.7 Å². The maximum atomic E-state index is 12.4. The molecule has 9 heteroatoms. The van der Waals surface area contributed by atoms with Gasteiger partial charge in [-0.2, -0.15) is 0 Å². The predicted octanol–water partition coefficient (Wildman–Crippen LogP) is 1.21. The van der Waals surface area contributed by atoms with Crippen LogP contribution in [-0.4, -0.2) is 72.1 Å². The van der Waals surface area contributed by atoms with Gasteiger partial charge in [0.15, 0.2) is 0 Å². The number of H-pyrrole nitrogens is 1. The SMILES string of the molecule is CNC(=O)c1ccc(N2CCN(Cc3cnc4cc(N5CCC5)c(=O)[nH]c4c3)CC2)cn1. The van der Waals surface area contributed by atoms with Crippen LogP contribution in [0.4, 0.5) is 11.4 Å². The Hall–Kier alpha value is -3.46. The number of fused-ring (bicyclic) bond motifs is 1. The molecular weight excluding hydrogens is 406 g/mol. The maximum absolute atomic E-state index is 12.4. The molecule has 9 nitrogen and oxygen atoms in total. The third-order valence-corrected chi connectivity index (χ3v) is 6.28. The molecule has 0 spiro atoms. The van der Waals surface area contributed by atoms with Crippen molar-refractivity contribution >= 4 is 28.3 Å². The van der Waals surface area contributed by atoms with Gasteiger partial charge in [0.2, 0.25) is 0 Å². The molecule has 2 N–H and O–H groups in total. The van der Waals surface area contributed by atoms with Crippen LogP contribution in [-0.2, 0) is 6.54 Å². The number of aromatic amines is 1. The number of rotatable bonds is 5. The minimum atomic E-state index is -0.177. The maximum Gasteiger partial charge on any atom is 0.272 e. The first-order chi connectivity index (χ1) is 15.6. The molecule has 1 amide bonds. The van der Waals surface area contributed by atoms with Crippen LogP contribution in [0.1, 0.15) is 22.5 Å². The summed E-state index contributed by atoms with van der Waals surface area (Å²) in [7, 11) is 1.60. The molecule has 0 aromatic carbocycles. The highest BCUT2D eigenvalue weighted by molar-refractivity contribution is 5.92. The lowest BCUT2D eigenvalue weighted by Crippen LogP contribution is -2.46. The number of nitrogens with zero attached hydrogens (tertiary/aromatic N) is 5.